The molecule has 27 heavy (non-hydrogen) atoms. The predicted molar refractivity (Wildman–Crippen MR) is 106 cm³/mol. The van der Waals surface area contributed by atoms with Gasteiger partial charge in [-0.3, -0.25) is 4.79 Å². The maximum atomic E-state index is 12.0. The number of aryl methyl sites for hydroxylation is 1. The Morgan fingerprint density at radius 1 is 1.11 bits per heavy atom. The predicted octanol–water partition coefficient (Wildman–Crippen LogP) is 3.32. The number of amides is 1. The number of rotatable bonds is 5. The Kier molecular flexibility index (Phi) is 4.42. The van der Waals surface area contributed by atoms with Crippen LogP contribution < -0.4 is 10.5 Å². The van der Waals surface area contributed by atoms with E-state index in [0.717, 1.165) is 5.69 Å². The quantitative estimate of drug-likeness (QED) is 0.760. The molecule has 2 N–H and O–H groups in total. The van der Waals surface area contributed by atoms with E-state index in [1.54, 1.807) is 6.08 Å². The third kappa shape index (κ3) is 3.31. The van der Waals surface area contributed by atoms with Gasteiger partial charge in [0.15, 0.2) is 0 Å². The van der Waals surface area contributed by atoms with Crippen molar-refractivity contribution < 1.29 is 9.53 Å². The number of nitrogens with two attached hydrogens (primary N) is 1. The number of hydrogen-bond donors (Lipinski definition) is 1. The Hall–Kier alpha value is -3.47. The van der Waals surface area contributed by atoms with E-state index < -0.39 is 12.1 Å². The summed E-state index contributed by atoms with van der Waals surface area (Å²) < 4.78 is 8.28. The van der Waals surface area contributed by atoms with Gasteiger partial charge in [-0.25, -0.2) is 0 Å². The van der Waals surface area contributed by atoms with Crippen LogP contribution in [-0.2, 0) is 18.4 Å². The smallest absolute Gasteiger partial charge is 0.250 e. The molecule has 4 rings (SSSR count). The highest BCUT2D eigenvalue weighted by Crippen LogP contribution is 2.25. The summed E-state index contributed by atoms with van der Waals surface area (Å²) in [6, 6.07) is 19.9. The molecule has 1 aliphatic heterocycles. The van der Waals surface area contributed by atoms with Crippen molar-refractivity contribution in [3.63, 3.8) is 0 Å². The number of ether oxygens (including phenoxy) is 1. The van der Waals surface area contributed by atoms with E-state index in [1.807, 2.05) is 66.7 Å². The molecular weight excluding hydrogens is 338 g/mol. The second-order valence-electron chi connectivity index (χ2n) is 6.54. The number of carbonyl (C=O) groups is 1. The molecule has 0 saturated carbocycles. The van der Waals surface area contributed by atoms with Crippen LogP contribution in [0.5, 0.6) is 5.75 Å². The van der Waals surface area contributed by atoms with Crippen molar-refractivity contribution in [1.82, 2.24) is 9.47 Å². The number of aromatic nitrogens is 1. The first-order valence-electron chi connectivity index (χ1n) is 8.82. The number of fused-ring (bicyclic) bond motifs is 1. The van der Waals surface area contributed by atoms with Gasteiger partial charge in [-0.05, 0) is 41.8 Å². The molecular formula is C22H21N3O2. The molecule has 1 aromatic heterocycles. The van der Waals surface area contributed by atoms with E-state index in [9.17, 15) is 4.79 Å². The van der Waals surface area contributed by atoms with Gasteiger partial charge in [-0.1, -0.05) is 36.4 Å². The molecule has 1 atom stereocenters. The van der Waals surface area contributed by atoms with Crippen molar-refractivity contribution in [3.05, 3.63) is 90.3 Å². The largest absolute Gasteiger partial charge is 0.466 e. The highest BCUT2D eigenvalue weighted by molar-refractivity contribution is 5.93. The van der Waals surface area contributed by atoms with Crippen molar-refractivity contribution in [1.29, 1.82) is 0 Å². The van der Waals surface area contributed by atoms with Gasteiger partial charge in [0.1, 0.15) is 5.75 Å². The molecule has 1 unspecified atom stereocenters. The van der Waals surface area contributed by atoms with E-state index in [0.29, 0.717) is 17.9 Å². The molecule has 0 fully saturated rings. The zero-order chi connectivity index (χ0) is 18.8. The monoisotopic (exact) mass is 359 g/mol. The molecule has 0 aliphatic carbocycles. The van der Waals surface area contributed by atoms with Crippen molar-refractivity contribution in [2.75, 3.05) is 0 Å². The van der Waals surface area contributed by atoms with Crippen LogP contribution in [-0.4, -0.2) is 21.6 Å². The molecule has 5 nitrogen and oxygen atoms in total. The van der Waals surface area contributed by atoms with Gasteiger partial charge in [0.25, 0.3) is 0 Å². The Bertz CT molecular complexity index is 1030. The lowest BCUT2D eigenvalue weighted by atomic mass is 10.1. The van der Waals surface area contributed by atoms with Crippen LogP contribution in [0.4, 0.5) is 0 Å². The first kappa shape index (κ1) is 17.0. The lowest BCUT2D eigenvalue weighted by molar-refractivity contribution is -0.116. The molecule has 1 amide bonds. The molecule has 3 aromatic rings. The van der Waals surface area contributed by atoms with Gasteiger partial charge in [-0.2, -0.15) is 0 Å². The molecule has 136 valence electrons. The van der Waals surface area contributed by atoms with Gasteiger partial charge in [-0.15, -0.1) is 0 Å². The summed E-state index contributed by atoms with van der Waals surface area (Å²) >= 11 is 0. The molecule has 0 radical (unpaired) electrons. The van der Waals surface area contributed by atoms with Crippen molar-refractivity contribution in [3.8, 4) is 5.75 Å². The van der Waals surface area contributed by atoms with E-state index in [2.05, 4.69) is 22.8 Å². The Balaban J connectivity index is 1.66. The van der Waals surface area contributed by atoms with E-state index in [1.165, 1.54) is 10.9 Å². The first-order valence-corrected chi connectivity index (χ1v) is 8.82. The lowest BCUT2D eigenvalue weighted by Gasteiger charge is -2.33. The fourth-order valence-corrected chi connectivity index (χ4v) is 3.38. The average molecular weight is 359 g/mol. The summed E-state index contributed by atoms with van der Waals surface area (Å²) in [6.45, 7) is 0.587. The van der Waals surface area contributed by atoms with Crippen molar-refractivity contribution in [2.24, 2.45) is 12.8 Å². The maximum absolute atomic E-state index is 12.0. The van der Waals surface area contributed by atoms with Crippen molar-refractivity contribution in [2.45, 2.75) is 12.8 Å². The van der Waals surface area contributed by atoms with Crippen LogP contribution in [0.1, 0.15) is 5.69 Å². The summed E-state index contributed by atoms with van der Waals surface area (Å²) in [5, 5.41) is 1.18. The number of benzene rings is 2. The SMILES string of the molecule is Cn1c(CN2C=CC=C(C(N)=O)C2Oc2ccccc2)cc2ccccc21. The van der Waals surface area contributed by atoms with Gasteiger partial charge >= 0.3 is 0 Å². The summed E-state index contributed by atoms with van der Waals surface area (Å²) in [7, 11) is 2.04. The third-order valence-electron chi connectivity index (χ3n) is 4.79. The number of carbonyl (C=O) groups excluding carboxylic acids is 1. The van der Waals surface area contributed by atoms with E-state index >= 15 is 0 Å². The summed E-state index contributed by atoms with van der Waals surface area (Å²) in [6.07, 6.45) is 4.90. The minimum atomic E-state index is -0.576. The van der Waals surface area contributed by atoms with E-state index in [-0.39, 0.29) is 0 Å². The standard InChI is InChI=1S/C22H21N3O2/c1-24-17(14-16-8-5-6-12-20(16)24)15-25-13-7-11-19(21(23)26)22(25)27-18-9-3-2-4-10-18/h2-14,22H,15H2,1H3,(H2,23,26). The molecule has 0 saturated heterocycles. The Labute approximate surface area is 157 Å². The summed E-state index contributed by atoms with van der Waals surface area (Å²) in [5.41, 5.74) is 8.32. The van der Waals surface area contributed by atoms with Crippen LogP contribution in [0.15, 0.2) is 84.6 Å². The Morgan fingerprint density at radius 2 is 1.85 bits per heavy atom. The topological polar surface area (TPSA) is 60.5 Å². The average Bonchev–Trinajstić information content (AvgIpc) is 3.00. The molecule has 1 aliphatic rings. The van der Waals surface area contributed by atoms with Crippen LogP contribution in [0.25, 0.3) is 10.9 Å². The summed E-state index contributed by atoms with van der Waals surface area (Å²) in [4.78, 5) is 14.0. The molecule has 2 heterocycles. The van der Waals surface area contributed by atoms with Crippen LogP contribution in [0.3, 0.4) is 0 Å². The zero-order valence-electron chi connectivity index (χ0n) is 15.1. The molecule has 5 heteroatoms. The minimum absolute atomic E-state index is 0.431. The molecule has 2 aromatic carbocycles. The Morgan fingerprint density at radius 3 is 2.59 bits per heavy atom. The first-order chi connectivity index (χ1) is 13.1. The third-order valence-corrected chi connectivity index (χ3v) is 4.79. The van der Waals surface area contributed by atoms with Crippen molar-refractivity contribution >= 4 is 16.8 Å². The van der Waals surface area contributed by atoms with E-state index in [4.69, 9.17) is 10.5 Å². The highest BCUT2D eigenvalue weighted by Gasteiger charge is 2.28. The van der Waals surface area contributed by atoms with Gasteiger partial charge in [0, 0.05) is 24.5 Å². The fraction of sp³-hybridized carbons (Fsp3) is 0.136. The summed E-state index contributed by atoms with van der Waals surface area (Å²) in [5.74, 6) is 0.203. The van der Waals surface area contributed by atoms with Crippen LogP contribution in [0.2, 0.25) is 0 Å². The molecule has 0 spiro atoms. The zero-order valence-corrected chi connectivity index (χ0v) is 15.1. The number of para-hydroxylation sites is 2. The number of hydrogen-bond acceptors (Lipinski definition) is 3. The second kappa shape index (κ2) is 7.03. The normalized spacial score (nSPS) is 16.4. The van der Waals surface area contributed by atoms with Gasteiger partial charge < -0.3 is 19.9 Å². The molecule has 0 bridgehead atoms. The number of nitrogens with zero attached hydrogens (tertiary/aromatic N) is 2. The number of primary amides is 1. The number of allylic oxidation sites excluding steroid dienone is 2. The highest BCUT2D eigenvalue weighted by atomic mass is 16.5. The minimum Gasteiger partial charge on any atom is -0.466 e. The second-order valence-corrected chi connectivity index (χ2v) is 6.54. The van der Waals surface area contributed by atoms with Crippen LogP contribution >= 0.6 is 0 Å². The van der Waals surface area contributed by atoms with Crippen LogP contribution in [0, 0.1) is 0 Å². The fourth-order valence-electron chi connectivity index (χ4n) is 3.38. The maximum Gasteiger partial charge on any atom is 0.250 e. The van der Waals surface area contributed by atoms with Gasteiger partial charge in [0.05, 0.1) is 12.1 Å². The van der Waals surface area contributed by atoms with Gasteiger partial charge in [0.2, 0.25) is 12.1 Å². The lowest BCUT2D eigenvalue weighted by Crippen LogP contribution is -2.42.